The molecule has 0 aliphatic heterocycles. The van der Waals surface area contributed by atoms with Crippen LogP contribution in [0.1, 0.15) is 13.3 Å². The molecule has 20 heavy (non-hydrogen) atoms. The Kier molecular flexibility index (Phi) is 6.24. The molecule has 1 rings (SSSR count). The van der Waals surface area contributed by atoms with E-state index < -0.39 is 0 Å². The molecular weight excluding hydrogens is 254 g/mol. The van der Waals surface area contributed by atoms with Gasteiger partial charge < -0.3 is 20.4 Å². The van der Waals surface area contributed by atoms with Crippen molar-refractivity contribution in [3.05, 3.63) is 18.3 Å². The summed E-state index contributed by atoms with van der Waals surface area (Å²) in [5.41, 5.74) is 0.688. The largest absolute Gasteiger partial charge is 0.363 e. The van der Waals surface area contributed by atoms with Crippen LogP contribution in [0, 0.1) is 0 Å². The van der Waals surface area contributed by atoms with E-state index in [1.165, 1.54) is 0 Å². The second kappa shape index (κ2) is 7.69. The minimum Gasteiger partial charge on any atom is -0.363 e. The van der Waals surface area contributed by atoms with E-state index in [0.717, 1.165) is 18.8 Å². The first kappa shape index (κ1) is 16.2. The number of anilines is 2. The number of hydrogen-bond donors (Lipinski definition) is 2. The average Bonchev–Trinajstić information content (AvgIpc) is 2.36. The minimum absolute atomic E-state index is 0.131. The Morgan fingerprint density at radius 1 is 1.30 bits per heavy atom. The van der Waals surface area contributed by atoms with Crippen LogP contribution in [0.4, 0.5) is 16.3 Å². The first-order valence-corrected chi connectivity index (χ1v) is 6.74. The van der Waals surface area contributed by atoms with Gasteiger partial charge in [-0.25, -0.2) is 9.78 Å². The number of nitrogens with one attached hydrogen (secondary N) is 2. The van der Waals surface area contributed by atoms with E-state index in [1.807, 2.05) is 52.1 Å². The van der Waals surface area contributed by atoms with Gasteiger partial charge in [-0.1, -0.05) is 0 Å². The quantitative estimate of drug-likeness (QED) is 0.830. The maximum Gasteiger partial charge on any atom is 0.319 e. The van der Waals surface area contributed by atoms with Crippen LogP contribution in [0.25, 0.3) is 0 Å². The van der Waals surface area contributed by atoms with Crippen LogP contribution in [0.3, 0.4) is 0 Å². The number of hydrogen-bond acceptors (Lipinski definition) is 4. The Bertz CT molecular complexity index is 416. The minimum atomic E-state index is -0.198. The van der Waals surface area contributed by atoms with Gasteiger partial charge in [-0.15, -0.1) is 0 Å². The Balaban J connectivity index is 2.41. The van der Waals surface area contributed by atoms with Crippen LogP contribution in [0.15, 0.2) is 18.3 Å². The highest BCUT2D eigenvalue weighted by Crippen LogP contribution is 2.11. The van der Waals surface area contributed by atoms with Crippen LogP contribution < -0.4 is 15.5 Å². The van der Waals surface area contributed by atoms with E-state index in [1.54, 1.807) is 6.20 Å². The highest BCUT2D eigenvalue weighted by Gasteiger charge is 2.08. The standard InChI is InChI=1S/C14H25N5O/c1-11(8-9-18(2)3)16-14(20)17-12-6-7-13(15-10-12)19(4)5/h6-7,10-11H,8-9H2,1-5H3,(H2,16,17,20)/t11-/m1/s1. The maximum atomic E-state index is 11.8. The third-order valence-electron chi connectivity index (χ3n) is 2.85. The van der Waals surface area contributed by atoms with Gasteiger partial charge >= 0.3 is 6.03 Å². The second-order valence-electron chi connectivity index (χ2n) is 5.39. The normalized spacial score (nSPS) is 12.1. The van der Waals surface area contributed by atoms with Gasteiger partial charge in [0, 0.05) is 20.1 Å². The monoisotopic (exact) mass is 279 g/mol. The summed E-state index contributed by atoms with van der Waals surface area (Å²) in [4.78, 5) is 20.1. The summed E-state index contributed by atoms with van der Waals surface area (Å²) in [6, 6.07) is 3.64. The van der Waals surface area contributed by atoms with Crippen molar-refractivity contribution >= 4 is 17.5 Å². The molecule has 0 aliphatic rings. The van der Waals surface area contributed by atoms with Crippen LogP contribution in [0.5, 0.6) is 0 Å². The van der Waals surface area contributed by atoms with E-state index >= 15 is 0 Å². The fourth-order valence-corrected chi connectivity index (χ4v) is 1.64. The van der Waals surface area contributed by atoms with Gasteiger partial charge in [0.2, 0.25) is 0 Å². The van der Waals surface area contributed by atoms with Gasteiger partial charge in [-0.2, -0.15) is 0 Å². The zero-order chi connectivity index (χ0) is 15.1. The van der Waals surface area contributed by atoms with Crippen molar-refractivity contribution in [1.82, 2.24) is 15.2 Å². The number of pyridine rings is 1. The summed E-state index contributed by atoms with van der Waals surface area (Å²) < 4.78 is 0. The van der Waals surface area contributed by atoms with Crippen molar-refractivity contribution in [1.29, 1.82) is 0 Å². The molecule has 1 aromatic heterocycles. The molecule has 112 valence electrons. The molecule has 2 amide bonds. The first-order valence-electron chi connectivity index (χ1n) is 6.74. The molecule has 1 atom stereocenters. The van der Waals surface area contributed by atoms with Gasteiger partial charge in [0.05, 0.1) is 11.9 Å². The SMILES string of the molecule is C[C@H](CCN(C)C)NC(=O)Nc1ccc(N(C)C)nc1. The van der Waals surface area contributed by atoms with Crippen LogP contribution in [0.2, 0.25) is 0 Å². The molecule has 0 radical (unpaired) electrons. The van der Waals surface area contributed by atoms with Gasteiger partial charge in [0.1, 0.15) is 5.82 Å². The number of urea groups is 1. The lowest BCUT2D eigenvalue weighted by molar-refractivity contribution is 0.247. The van der Waals surface area contributed by atoms with E-state index in [4.69, 9.17) is 0 Å². The molecule has 0 bridgehead atoms. The zero-order valence-corrected chi connectivity index (χ0v) is 13.0. The van der Waals surface area contributed by atoms with Crippen molar-refractivity contribution in [2.24, 2.45) is 0 Å². The van der Waals surface area contributed by atoms with Gasteiger partial charge in [0.25, 0.3) is 0 Å². The number of rotatable bonds is 6. The van der Waals surface area contributed by atoms with E-state index in [9.17, 15) is 4.79 Å². The Hall–Kier alpha value is -1.82. The lowest BCUT2D eigenvalue weighted by Crippen LogP contribution is -2.37. The summed E-state index contributed by atoms with van der Waals surface area (Å²) in [5.74, 6) is 0.857. The molecule has 0 saturated heterocycles. The van der Waals surface area contributed by atoms with Crippen molar-refractivity contribution in [2.45, 2.75) is 19.4 Å². The van der Waals surface area contributed by atoms with Crippen molar-refractivity contribution < 1.29 is 4.79 Å². The molecule has 6 heteroatoms. The smallest absolute Gasteiger partial charge is 0.319 e. The summed E-state index contributed by atoms with van der Waals surface area (Å²) in [7, 11) is 7.89. The molecule has 0 fully saturated rings. The summed E-state index contributed by atoms with van der Waals surface area (Å²) in [6.07, 6.45) is 2.57. The Morgan fingerprint density at radius 3 is 2.50 bits per heavy atom. The van der Waals surface area contributed by atoms with Crippen LogP contribution in [-0.2, 0) is 0 Å². The second-order valence-corrected chi connectivity index (χ2v) is 5.39. The fraction of sp³-hybridized carbons (Fsp3) is 0.571. The first-order chi connectivity index (χ1) is 9.38. The number of carbonyl (C=O) groups excluding carboxylic acids is 1. The summed E-state index contributed by atoms with van der Waals surface area (Å²) in [6.45, 7) is 2.94. The molecule has 0 spiro atoms. The summed E-state index contributed by atoms with van der Waals surface area (Å²) >= 11 is 0. The Labute approximate surface area is 121 Å². The number of aromatic nitrogens is 1. The fourth-order valence-electron chi connectivity index (χ4n) is 1.64. The maximum absolute atomic E-state index is 11.8. The molecule has 0 aromatic carbocycles. The van der Waals surface area contributed by atoms with Crippen molar-refractivity contribution in [2.75, 3.05) is 45.0 Å². The lowest BCUT2D eigenvalue weighted by atomic mass is 10.2. The van der Waals surface area contributed by atoms with Crippen LogP contribution in [-0.4, -0.2) is 56.7 Å². The van der Waals surface area contributed by atoms with Gasteiger partial charge in [-0.05, 0) is 46.1 Å². The third-order valence-corrected chi connectivity index (χ3v) is 2.85. The molecular formula is C14H25N5O. The van der Waals surface area contributed by atoms with Crippen molar-refractivity contribution in [3.63, 3.8) is 0 Å². The van der Waals surface area contributed by atoms with Gasteiger partial charge in [-0.3, -0.25) is 0 Å². The van der Waals surface area contributed by atoms with Crippen molar-refractivity contribution in [3.8, 4) is 0 Å². The van der Waals surface area contributed by atoms with Gasteiger partial charge in [0.15, 0.2) is 0 Å². The summed E-state index contributed by atoms with van der Waals surface area (Å²) in [5, 5.41) is 5.69. The van der Waals surface area contributed by atoms with E-state index in [-0.39, 0.29) is 12.1 Å². The number of carbonyl (C=O) groups is 1. The number of nitrogens with zero attached hydrogens (tertiary/aromatic N) is 3. The zero-order valence-electron chi connectivity index (χ0n) is 13.0. The molecule has 2 N–H and O–H groups in total. The molecule has 6 nitrogen and oxygen atoms in total. The highest BCUT2D eigenvalue weighted by atomic mass is 16.2. The van der Waals surface area contributed by atoms with E-state index in [0.29, 0.717) is 5.69 Å². The third kappa shape index (κ3) is 5.88. The molecule has 1 aromatic rings. The lowest BCUT2D eigenvalue weighted by Gasteiger charge is -2.17. The highest BCUT2D eigenvalue weighted by molar-refractivity contribution is 5.89. The molecule has 0 saturated carbocycles. The molecule has 1 heterocycles. The van der Waals surface area contributed by atoms with Crippen LogP contribution >= 0.6 is 0 Å². The topological polar surface area (TPSA) is 60.5 Å². The number of amides is 2. The van der Waals surface area contributed by atoms with E-state index in [2.05, 4.69) is 20.5 Å². The predicted octanol–water partition coefficient (Wildman–Crippen LogP) is 1.61. The Morgan fingerprint density at radius 2 is 2.00 bits per heavy atom. The average molecular weight is 279 g/mol. The molecule has 0 unspecified atom stereocenters. The predicted molar refractivity (Wildman–Crippen MR) is 83.4 cm³/mol. The molecule has 0 aliphatic carbocycles.